The van der Waals surface area contributed by atoms with Gasteiger partial charge in [0.25, 0.3) is 0 Å². The van der Waals surface area contributed by atoms with Crippen LogP contribution < -0.4 is 0 Å². The highest BCUT2D eigenvalue weighted by atomic mass is 32.2. The first-order chi connectivity index (χ1) is 13.5. The number of aromatic nitrogens is 2. The lowest BCUT2D eigenvalue weighted by Gasteiger charge is -2.32. The minimum atomic E-state index is -0.349. The van der Waals surface area contributed by atoms with Crippen molar-refractivity contribution in [3.05, 3.63) is 42.0 Å². The number of benzene rings is 1. The van der Waals surface area contributed by atoms with Gasteiger partial charge in [0.2, 0.25) is 5.91 Å². The van der Waals surface area contributed by atoms with Gasteiger partial charge in [-0.2, -0.15) is 0 Å². The molecule has 0 bridgehead atoms. The summed E-state index contributed by atoms with van der Waals surface area (Å²) in [6, 6.07) is 6.21. The molecule has 1 saturated heterocycles. The number of hydrogen-bond donors (Lipinski definition) is 0. The summed E-state index contributed by atoms with van der Waals surface area (Å²) in [5.74, 6) is -0.438. The predicted molar refractivity (Wildman–Crippen MR) is 104 cm³/mol. The highest BCUT2D eigenvalue weighted by Crippen LogP contribution is 2.34. The van der Waals surface area contributed by atoms with Gasteiger partial charge in [-0.3, -0.25) is 9.59 Å². The number of carbonyl (C=O) groups excluding carboxylic acids is 2. The van der Waals surface area contributed by atoms with Crippen LogP contribution in [0.15, 0.2) is 35.6 Å². The third kappa shape index (κ3) is 4.86. The summed E-state index contributed by atoms with van der Waals surface area (Å²) in [5.41, 5.74) is 2.46. The second-order valence-corrected chi connectivity index (χ2v) is 7.57. The average molecular weight is 403 g/mol. The highest BCUT2D eigenvalue weighted by Gasteiger charge is 2.27. The molecular weight excluding hydrogens is 381 g/mol. The third-order valence-electron chi connectivity index (χ3n) is 4.75. The van der Waals surface area contributed by atoms with Crippen LogP contribution in [0.2, 0.25) is 0 Å². The molecule has 1 amide bonds. The topological polar surface area (TPSA) is 72.4 Å². The summed E-state index contributed by atoms with van der Waals surface area (Å²) < 4.78 is 18.0. The molecule has 0 radical (unpaired) electrons. The number of thioether (sulfide) groups is 1. The van der Waals surface area contributed by atoms with Crippen LogP contribution in [0.25, 0.3) is 11.1 Å². The number of likely N-dealkylation sites (tertiary alicyclic amines) is 1. The molecule has 1 fully saturated rings. The van der Waals surface area contributed by atoms with Gasteiger partial charge in [-0.15, -0.1) is 0 Å². The lowest BCUT2D eigenvalue weighted by atomic mass is 9.90. The number of ether oxygens (including phenoxy) is 1. The van der Waals surface area contributed by atoms with E-state index in [-0.39, 0.29) is 29.4 Å². The van der Waals surface area contributed by atoms with Gasteiger partial charge in [0.05, 0.1) is 18.6 Å². The Bertz CT molecular complexity index is 860. The molecule has 1 aromatic heterocycles. The van der Waals surface area contributed by atoms with E-state index in [2.05, 4.69) is 9.72 Å². The molecule has 1 atom stereocenters. The number of hydrogen-bond acceptors (Lipinski definition) is 6. The molecule has 8 heteroatoms. The Hall–Kier alpha value is -2.48. The number of halogens is 1. The summed E-state index contributed by atoms with van der Waals surface area (Å²) in [7, 11) is 1.34. The molecular formula is C20H22FN3O3S. The van der Waals surface area contributed by atoms with Crippen LogP contribution in [0.4, 0.5) is 4.39 Å². The molecule has 0 N–H and O–H groups in total. The molecule has 1 aliphatic rings. The largest absolute Gasteiger partial charge is 0.468 e. The number of nitrogens with zero attached hydrogens (tertiary/aromatic N) is 3. The quantitative estimate of drug-likeness (QED) is 0.433. The van der Waals surface area contributed by atoms with Gasteiger partial charge in [-0.05, 0) is 30.5 Å². The molecule has 2 aromatic rings. The Morgan fingerprint density at radius 2 is 2.07 bits per heavy atom. The monoisotopic (exact) mass is 403 g/mol. The zero-order valence-corrected chi connectivity index (χ0v) is 16.7. The Labute approximate surface area is 167 Å². The standard InChI is InChI=1S/C20H22FN3O3S/c1-13(25)24-9-3-4-15(11-24)19-17(14-5-7-16(21)8-6-14)10-22-20(23-19)28-12-18(26)27-2/h5-8,10,15H,3-4,9,11-12H2,1-2H3/t15-/m0/s1. The van der Waals surface area contributed by atoms with Crippen LogP contribution in [0.3, 0.4) is 0 Å². The van der Waals surface area contributed by atoms with Crippen LogP contribution in [-0.4, -0.2) is 52.7 Å². The second-order valence-electron chi connectivity index (χ2n) is 6.63. The predicted octanol–water partition coefficient (Wildman–Crippen LogP) is 3.27. The summed E-state index contributed by atoms with van der Waals surface area (Å²) in [6.07, 6.45) is 3.50. The lowest BCUT2D eigenvalue weighted by Crippen LogP contribution is -2.38. The van der Waals surface area contributed by atoms with Crippen molar-refractivity contribution in [3.8, 4) is 11.1 Å². The molecule has 148 valence electrons. The van der Waals surface area contributed by atoms with Crippen molar-refractivity contribution in [2.75, 3.05) is 26.0 Å². The van der Waals surface area contributed by atoms with E-state index in [0.717, 1.165) is 36.2 Å². The molecule has 0 spiro atoms. The van der Waals surface area contributed by atoms with E-state index in [0.29, 0.717) is 11.7 Å². The molecule has 6 nitrogen and oxygen atoms in total. The highest BCUT2D eigenvalue weighted by molar-refractivity contribution is 7.99. The average Bonchev–Trinajstić information content (AvgIpc) is 2.72. The first-order valence-electron chi connectivity index (χ1n) is 9.06. The Morgan fingerprint density at radius 1 is 1.32 bits per heavy atom. The molecule has 0 aliphatic carbocycles. The Balaban J connectivity index is 1.95. The van der Waals surface area contributed by atoms with Gasteiger partial charge < -0.3 is 9.64 Å². The molecule has 1 aliphatic heterocycles. The van der Waals surface area contributed by atoms with E-state index in [1.807, 2.05) is 4.90 Å². The zero-order valence-electron chi connectivity index (χ0n) is 15.9. The Morgan fingerprint density at radius 3 is 2.75 bits per heavy atom. The minimum absolute atomic E-state index is 0.0439. The van der Waals surface area contributed by atoms with E-state index in [1.165, 1.54) is 31.0 Å². The fraction of sp³-hybridized carbons (Fsp3) is 0.400. The van der Waals surface area contributed by atoms with Crippen molar-refractivity contribution in [2.45, 2.75) is 30.8 Å². The molecule has 3 rings (SSSR count). The number of piperidine rings is 1. The molecule has 2 heterocycles. The third-order valence-corrected chi connectivity index (χ3v) is 5.59. The van der Waals surface area contributed by atoms with E-state index in [4.69, 9.17) is 4.98 Å². The number of esters is 1. The molecule has 0 unspecified atom stereocenters. The first-order valence-corrected chi connectivity index (χ1v) is 10.0. The number of carbonyl (C=O) groups is 2. The maximum atomic E-state index is 13.3. The molecule has 28 heavy (non-hydrogen) atoms. The van der Waals surface area contributed by atoms with Crippen LogP contribution >= 0.6 is 11.8 Å². The van der Waals surface area contributed by atoms with Crippen molar-refractivity contribution >= 4 is 23.6 Å². The van der Waals surface area contributed by atoms with Crippen molar-refractivity contribution in [2.24, 2.45) is 0 Å². The van der Waals surface area contributed by atoms with E-state index >= 15 is 0 Å². The zero-order chi connectivity index (χ0) is 20.1. The van der Waals surface area contributed by atoms with Gasteiger partial charge >= 0.3 is 5.97 Å². The number of methoxy groups -OCH3 is 1. The fourth-order valence-corrected chi connectivity index (χ4v) is 3.93. The second kappa shape index (κ2) is 9.14. The van der Waals surface area contributed by atoms with Gasteiger partial charge in [-0.1, -0.05) is 23.9 Å². The van der Waals surface area contributed by atoms with Crippen molar-refractivity contribution < 1.29 is 18.7 Å². The van der Waals surface area contributed by atoms with Crippen LogP contribution in [0.1, 0.15) is 31.4 Å². The van der Waals surface area contributed by atoms with Gasteiger partial charge in [0.1, 0.15) is 5.82 Å². The normalized spacial score (nSPS) is 16.7. The maximum Gasteiger partial charge on any atom is 0.316 e. The van der Waals surface area contributed by atoms with E-state index in [9.17, 15) is 14.0 Å². The van der Waals surface area contributed by atoms with Gasteiger partial charge in [-0.25, -0.2) is 14.4 Å². The SMILES string of the molecule is COC(=O)CSc1ncc(-c2ccc(F)cc2)c([C@H]2CCCN(C(C)=O)C2)n1. The first kappa shape index (κ1) is 20.3. The number of amides is 1. The maximum absolute atomic E-state index is 13.3. The Kier molecular flexibility index (Phi) is 6.61. The van der Waals surface area contributed by atoms with Crippen molar-refractivity contribution in [3.63, 3.8) is 0 Å². The summed E-state index contributed by atoms with van der Waals surface area (Å²) >= 11 is 1.21. The fourth-order valence-electron chi connectivity index (χ4n) is 3.28. The van der Waals surface area contributed by atoms with Crippen LogP contribution in [0.5, 0.6) is 0 Å². The number of rotatable bonds is 5. The van der Waals surface area contributed by atoms with E-state index in [1.54, 1.807) is 25.3 Å². The van der Waals surface area contributed by atoms with Crippen molar-refractivity contribution in [1.82, 2.24) is 14.9 Å². The lowest BCUT2D eigenvalue weighted by molar-refractivity contribution is -0.137. The summed E-state index contributed by atoms with van der Waals surface area (Å²) in [5, 5.41) is 0.478. The van der Waals surface area contributed by atoms with Crippen LogP contribution in [-0.2, 0) is 14.3 Å². The molecule has 1 aromatic carbocycles. The summed E-state index contributed by atoms with van der Waals surface area (Å²) in [4.78, 5) is 34.2. The summed E-state index contributed by atoms with van der Waals surface area (Å²) in [6.45, 7) is 2.90. The smallest absolute Gasteiger partial charge is 0.316 e. The molecule has 0 saturated carbocycles. The van der Waals surface area contributed by atoms with Crippen molar-refractivity contribution in [1.29, 1.82) is 0 Å². The minimum Gasteiger partial charge on any atom is -0.468 e. The van der Waals surface area contributed by atoms with E-state index < -0.39 is 0 Å². The van der Waals surface area contributed by atoms with Crippen LogP contribution in [0, 0.1) is 5.82 Å². The van der Waals surface area contributed by atoms with Gasteiger partial charge in [0, 0.05) is 37.7 Å². The van der Waals surface area contributed by atoms with Gasteiger partial charge in [0.15, 0.2) is 5.16 Å².